The molecule has 2 fully saturated rings. The largest absolute Gasteiger partial charge is 0.481 e. The summed E-state index contributed by atoms with van der Waals surface area (Å²) >= 11 is 0. The number of rotatable bonds is 2. The maximum absolute atomic E-state index is 13.2. The summed E-state index contributed by atoms with van der Waals surface area (Å²) < 4.78 is 5.86. The van der Waals surface area contributed by atoms with Crippen molar-refractivity contribution in [1.29, 1.82) is 0 Å². The molecule has 3 heterocycles. The molecule has 3 aliphatic rings. The van der Waals surface area contributed by atoms with Crippen molar-refractivity contribution in [2.75, 3.05) is 19.6 Å². The average Bonchev–Trinajstić information content (AvgIpc) is 3.13. The summed E-state index contributed by atoms with van der Waals surface area (Å²) in [7, 11) is 0. The number of benzene rings is 1. The number of fused-ring (bicyclic) bond motifs is 1. The van der Waals surface area contributed by atoms with Crippen LogP contribution in [0.15, 0.2) is 42.2 Å². The third-order valence-corrected chi connectivity index (χ3v) is 5.46. The van der Waals surface area contributed by atoms with Crippen LogP contribution in [-0.2, 0) is 14.3 Å². The molecule has 0 spiro atoms. The van der Waals surface area contributed by atoms with Gasteiger partial charge in [-0.15, -0.1) is 12.4 Å². The molecular formula is C20H25ClN2O3. The first-order valence-corrected chi connectivity index (χ1v) is 8.95. The van der Waals surface area contributed by atoms with Gasteiger partial charge in [0.25, 0.3) is 5.91 Å². The van der Waals surface area contributed by atoms with E-state index in [0.29, 0.717) is 24.8 Å². The quantitative estimate of drug-likeness (QED) is 0.861. The normalized spacial score (nSPS) is 29.5. The van der Waals surface area contributed by atoms with E-state index < -0.39 is 5.60 Å². The number of likely N-dealkylation sites (tertiary alicyclic amines) is 1. The van der Waals surface area contributed by atoms with Gasteiger partial charge in [0.05, 0.1) is 6.04 Å². The third kappa shape index (κ3) is 3.38. The Morgan fingerprint density at radius 3 is 2.65 bits per heavy atom. The van der Waals surface area contributed by atoms with Gasteiger partial charge in [0, 0.05) is 38.0 Å². The molecule has 0 aromatic heterocycles. The Hall–Kier alpha value is -1.85. The maximum Gasteiger partial charge on any atom is 0.289 e. The van der Waals surface area contributed by atoms with Crippen LogP contribution in [0.4, 0.5) is 0 Å². The van der Waals surface area contributed by atoms with Crippen LogP contribution in [0.5, 0.6) is 0 Å². The van der Waals surface area contributed by atoms with Crippen LogP contribution in [0.2, 0.25) is 0 Å². The lowest BCUT2D eigenvalue weighted by molar-refractivity contribution is -0.139. The van der Waals surface area contributed by atoms with Gasteiger partial charge in [-0.2, -0.15) is 0 Å². The summed E-state index contributed by atoms with van der Waals surface area (Å²) in [5.74, 6) is 0.831. The van der Waals surface area contributed by atoms with Gasteiger partial charge >= 0.3 is 0 Å². The number of hydrogen-bond donors (Lipinski definition) is 1. The summed E-state index contributed by atoms with van der Waals surface area (Å²) in [6, 6.07) is 10.2. The van der Waals surface area contributed by atoms with Crippen LogP contribution in [0.25, 0.3) is 0 Å². The molecule has 5 nitrogen and oxygen atoms in total. The smallest absolute Gasteiger partial charge is 0.289 e. The molecule has 0 saturated carbocycles. The minimum atomic E-state index is -0.629. The van der Waals surface area contributed by atoms with Gasteiger partial charge in [0.1, 0.15) is 5.60 Å². The molecule has 3 atom stereocenters. The Labute approximate surface area is 160 Å². The molecular weight excluding hydrogens is 352 g/mol. The fourth-order valence-electron chi connectivity index (χ4n) is 4.43. The predicted molar refractivity (Wildman–Crippen MR) is 101 cm³/mol. The standard InChI is InChI=1S/C20H24N2O3.ClH/c1-20(2)9-15(23)8-17(25-20)19(24)22-12-14-10-21-11-16(14)18(22)13-6-4-3-5-7-13;/h3-8,14,16,18,21H,9-12H2,1-2H3;1H/t14-,16-,18+;/m0./s1. The van der Waals surface area contributed by atoms with E-state index in [1.807, 2.05) is 36.9 Å². The van der Waals surface area contributed by atoms with E-state index in [4.69, 9.17) is 4.74 Å². The summed E-state index contributed by atoms with van der Waals surface area (Å²) in [5, 5.41) is 3.45. The van der Waals surface area contributed by atoms with E-state index in [1.165, 1.54) is 6.08 Å². The SMILES string of the molecule is CC1(C)CC(=O)C=C(C(=O)N2C[C@@H]3CNC[C@@H]3[C@H]2c2ccccc2)O1.Cl. The van der Waals surface area contributed by atoms with E-state index in [9.17, 15) is 9.59 Å². The van der Waals surface area contributed by atoms with Gasteiger partial charge < -0.3 is 15.0 Å². The Bertz CT molecular complexity index is 732. The molecule has 1 aromatic rings. The van der Waals surface area contributed by atoms with Crippen molar-refractivity contribution in [3.8, 4) is 0 Å². The van der Waals surface area contributed by atoms with Crippen LogP contribution in [0.1, 0.15) is 31.9 Å². The van der Waals surface area contributed by atoms with Gasteiger partial charge in [-0.05, 0) is 25.3 Å². The van der Waals surface area contributed by atoms with E-state index >= 15 is 0 Å². The van der Waals surface area contributed by atoms with Crippen molar-refractivity contribution < 1.29 is 14.3 Å². The van der Waals surface area contributed by atoms with Crippen LogP contribution >= 0.6 is 12.4 Å². The van der Waals surface area contributed by atoms with Crippen molar-refractivity contribution in [1.82, 2.24) is 10.2 Å². The minimum absolute atomic E-state index is 0. The Kier molecular flexibility index (Phi) is 5.13. The van der Waals surface area contributed by atoms with Gasteiger partial charge in [-0.3, -0.25) is 9.59 Å². The number of carbonyl (C=O) groups excluding carboxylic acids is 2. The topological polar surface area (TPSA) is 58.6 Å². The third-order valence-electron chi connectivity index (χ3n) is 5.46. The zero-order valence-electron chi connectivity index (χ0n) is 15.1. The summed E-state index contributed by atoms with van der Waals surface area (Å²) in [6.45, 7) is 6.25. The number of hydrogen-bond acceptors (Lipinski definition) is 4. The highest BCUT2D eigenvalue weighted by atomic mass is 35.5. The maximum atomic E-state index is 13.2. The Morgan fingerprint density at radius 1 is 1.23 bits per heavy atom. The Balaban J connectivity index is 0.00000196. The van der Waals surface area contributed by atoms with Crippen molar-refractivity contribution >= 4 is 24.1 Å². The van der Waals surface area contributed by atoms with Gasteiger partial charge in [0.15, 0.2) is 11.5 Å². The predicted octanol–water partition coefficient (Wildman–Crippen LogP) is 2.48. The molecule has 0 unspecified atom stereocenters. The molecule has 1 amide bonds. The lowest BCUT2D eigenvalue weighted by atomic mass is 9.89. The van der Waals surface area contributed by atoms with Crippen LogP contribution in [0.3, 0.4) is 0 Å². The number of nitrogens with one attached hydrogen (secondary N) is 1. The second kappa shape index (κ2) is 7.05. The molecule has 1 aromatic carbocycles. The van der Waals surface area contributed by atoms with Crippen LogP contribution in [-0.4, -0.2) is 41.8 Å². The fourth-order valence-corrected chi connectivity index (χ4v) is 4.43. The summed E-state index contributed by atoms with van der Waals surface area (Å²) in [6.07, 6.45) is 1.68. The van der Waals surface area contributed by atoms with Crippen molar-refractivity contribution in [2.24, 2.45) is 11.8 Å². The lowest BCUT2D eigenvalue weighted by Crippen LogP contribution is -2.40. The van der Waals surface area contributed by atoms with E-state index in [-0.39, 0.29) is 35.9 Å². The number of carbonyl (C=O) groups is 2. The molecule has 0 radical (unpaired) electrons. The lowest BCUT2D eigenvalue weighted by Gasteiger charge is -2.34. The molecule has 6 heteroatoms. The Morgan fingerprint density at radius 2 is 1.96 bits per heavy atom. The van der Waals surface area contributed by atoms with Crippen LogP contribution in [0, 0.1) is 11.8 Å². The number of amides is 1. The number of ether oxygens (including phenoxy) is 1. The monoisotopic (exact) mass is 376 g/mol. The van der Waals surface area contributed by atoms with E-state index in [2.05, 4.69) is 17.4 Å². The highest BCUT2D eigenvalue weighted by Crippen LogP contribution is 2.43. The number of allylic oxidation sites excluding steroid dienone is 1. The second-order valence-corrected chi connectivity index (χ2v) is 7.91. The number of halogens is 1. The molecule has 0 aliphatic carbocycles. The first-order valence-electron chi connectivity index (χ1n) is 8.95. The van der Waals surface area contributed by atoms with Crippen molar-refractivity contribution in [3.63, 3.8) is 0 Å². The number of nitrogens with zero attached hydrogens (tertiary/aromatic N) is 1. The molecule has 2 saturated heterocycles. The molecule has 140 valence electrons. The first-order chi connectivity index (χ1) is 11.9. The summed E-state index contributed by atoms with van der Waals surface area (Å²) in [4.78, 5) is 27.1. The first kappa shape index (κ1) is 18.9. The molecule has 4 rings (SSSR count). The molecule has 26 heavy (non-hydrogen) atoms. The van der Waals surface area contributed by atoms with Crippen LogP contribution < -0.4 is 5.32 Å². The van der Waals surface area contributed by atoms with Gasteiger partial charge in [-0.25, -0.2) is 0 Å². The van der Waals surface area contributed by atoms with Gasteiger partial charge in [-0.1, -0.05) is 30.3 Å². The minimum Gasteiger partial charge on any atom is -0.481 e. The zero-order chi connectivity index (χ0) is 17.6. The average molecular weight is 377 g/mol. The number of ketones is 1. The molecule has 1 N–H and O–H groups in total. The van der Waals surface area contributed by atoms with Crippen molar-refractivity contribution in [3.05, 3.63) is 47.7 Å². The zero-order valence-corrected chi connectivity index (χ0v) is 15.9. The van der Waals surface area contributed by atoms with E-state index in [0.717, 1.165) is 18.7 Å². The van der Waals surface area contributed by atoms with Crippen molar-refractivity contribution in [2.45, 2.75) is 31.9 Å². The fraction of sp³-hybridized carbons (Fsp3) is 0.500. The highest BCUT2D eigenvalue weighted by Gasteiger charge is 2.48. The second-order valence-electron chi connectivity index (χ2n) is 7.91. The summed E-state index contributed by atoms with van der Waals surface area (Å²) in [5.41, 5.74) is 0.519. The molecule has 0 bridgehead atoms. The molecule has 3 aliphatic heterocycles. The van der Waals surface area contributed by atoms with Gasteiger partial charge in [0.2, 0.25) is 0 Å². The highest BCUT2D eigenvalue weighted by molar-refractivity contribution is 6.02. The van der Waals surface area contributed by atoms with E-state index in [1.54, 1.807) is 0 Å².